The Bertz CT molecular complexity index is 1410. The predicted octanol–water partition coefficient (Wildman–Crippen LogP) is 2.41. The smallest absolute Gasteiger partial charge is 0.317 e. The Balaban J connectivity index is 1.35. The van der Waals surface area contributed by atoms with E-state index < -0.39 is 17.9 Å². The molecule has 0 aliphatic carbocycles. The standard InChI is InChI=1S/C33H45N5O8/c1-34(2)27-6-4-25(5-7-27)30-21-26-20-28(8-9-29(26)46-30)45-19-3-10-35-11-13-36(22-31(39)40)15-17-38(24-33(43)44)18-16-37(14-12-35)23-32(41)42/h4-9,20-21H,3,10-19,22-24H2,1-2H3,(H,39,40)(H,41,42)(H,43,44). The monoisotopic (exact) mass is 639 g/mol. The number of hydrogen-bond donors (Lipinski definition) is 3. The van der Waals surface area contributed by atoms with Gasteiger partial charge in [0.2, 0.25) is 0 Å². The molecule has 3 aromatic rings. The molecule has 13 nitrogen and oxygen atoms in total. The fraction of sp³-hybridized carbons (Fsp3) is 0.485. The van der Waals surface area contributed by atoms with E-state index in [1.54, 1.807) is 4.90 Å². The first kappa shape index (κ1) is 34.7. The van der Waals surface area contributed by atoms with Crippen LogP contribution >= 0.6 is 0 Å². The van der Waals surface area contributed by atoms with E-state index in [1.807, 2.05) is 65.2 Å². The molecule has 0 bridgehead atoms. The van der Waals surface area contributed by atoms with Crippen LogP contribution in [0.15, 0.2) is 52.9 Å². The summed E-state index contributed by atoms with van der Waals surface area (Å²) in [6.07, 6.45) is 0.719. The normalized spacial score (nSPS) is 16.5. The van der Waals surface area contributed by atoms with Gasteiger partial charge >= 0.3 is 17.9 Å². The lowest BCUT2D eigenvalue weighted by Crippen LogP contribution is -2.48. The Morgan fingerprint density at radius 2 is 1.22 bits per heavy atom. The molecule has 1 aliphatic rings. The van der Waals surface area contributed by atoms with Crippen LogP contribution in [0.1, 0.15) is 6.42 Å². The number of rotatable bonds is 13. The third-order valence-electron chi connectivity index (χ3n) is 8.05. The summed E-state index contributed by atoms with van der Waals surface area (Å²) < 4.78 is 12.2. The van der Waals surface area contributed by atoms with Crippen molar-refractivity contribution in [3.8, 4) is 17.1 Å². The van der Waals surface area contributed by atoms with Gasteiger partial charge in [0.05, 0.1) is 26.2 Å². The number of ether oxygens (including phenoxy) is 1. The molecule has 250 valence electrons. The van der Waals surface area contributed by atoms with Gasteiger partial charge in [-0.25, -0.2) is 0 Å². The van der Waals surface area contributed by atoms with Crippen molar-refractivity contribution in [2.24, 2.45) is 0 Å². The van der Waals surface area contributed by atoms with Gasteiger partial charge in [-0.2, -0.15) is 0 Å². The van der Waals surface area contributed by atoms with Gasteiger partial charge in [-0.1, -0.05) is 0 Å². The van der Waals surface area contributed by atoms with E-state index in [1.165, 1.54) is 0 Å². The van der Waals surface area contributed by atoms with Crippen LogP contribution in [-0.4, -0.2) is 152 Å². The SMILES string of the molecule is CN(C)c1ccc(-c2cc3cc(OCCCN4CCN(CC(=O)O)CCN(CC(=O)O)CCN(CC(=O)O)CC4)ccc3o2)cc1. The highest BCUT2D eigenvalue weighted by Crippen LogP contribution is 2.31. The average Bonchev–Trinajstić information content (AvgIpc) is 3.43. The van der Waals surface area contributed by atoms with Crippen LogP contribution in [0.2, 0.25) is 0 Å². The number of hydrogen-bond acceptors (Lipinski definition) is 10. The van der Waals surface area contributed by atoms with Crippen molar-refractivity contribution in [2.75, 3.05) is 104 Å². The molecule has 1 saturated heterocycles. The molecule has 1 aromatic heterocycles. The number of carboxylic acids is 3. The van der Waals surface area contributed by atoms with Gasteiger partial charge in [-0.05, 0) is 55.0 Å². The molecular weight excluding hydrogens is 594 g/mol. The Hall–Kier alpha value is -4.17. The number of furan rings is 1. The summed E-state index contributed by atoms with van der Waals surface area (Å²) >= 11 is 0. The van der Waals surface area contributed by atoms with E-state index in [0.717, 1.165) is 40.2 Å². The van der Waals surface area contributed by atoms with Gasteiger partial charge in [-0.3, -0.25) is 29.1 Å². The molecule has 0 unspecified atom stereocenters. The van der Waals surface area contributed by atoms with E-state index in [2.05, 4.69) is 17.0 Å². The van der Waals surface area contributed by atoms with Crippen LogP contribution in [0.4, 0.5) is 5.69 Å². The molecule has 0 radical (unpaired) electrons. The lowest BCUT2D eigenvalue weighted by atomic mass is 10.1. The second kappa shape index (κ2) is 16.9. The molecule has 0 saturated carbocycles. The van der Waals surface area contributed by atoms with Gasteiger partial charge in [0.25, 0.3) is 0 Å². The highest BCUT2D eigenvalue weighted by molar-refractivity contribution is 5.84. The van der Waals surface area contributed by atoms with Crippen LogP contribution in [0.3, 0.4) is 0 Å². The van der Waals surface area contributed by atoms with Crippen molar-refractivity contribution in [2.45, 2.75) is 6.42 Å². The third kappa shape index (κ3) is 11.0. The molecule has 2 aromatic carbocycles. The van der Waals surface area contributed by atoms with Crippen LogP contribution < -0.4 is 9.64 Å². The molecule has 1 fully saturated rings. The summed E-state index contributed by atoms with van der Waals surface area (Å²) in [6, 6.07) is 16.0. The van der Waals surface area contributed by atoms with Gasteiger partial charge in [0, 0.05) is 89.6 Å². The molecule has 2 heterocycles. The van der Waals surface area contributed by atoms with Crippen LogP contribution in [0.25, 0.3) is 22.3 Å². The van der Waals surface area contributed by atoms with Crippen molar-refractivity contribution < 1.29 is 38.9 Å². The summed E-state index contributed by atoms with van der Waals surface area (Å²) in [6.45, 7) is 4.41. The van der Waals surface area contributed by atoms with Gasteiger partial charge in [-0.15, -0.1) is 0 Å². The molecule has 1 aliphatic heterocycles. The fourth-order valence-electron chi connectivity index (χ4n) is 5.51. The fourth-order valence-corrected chi connectivity index (χ4v) is 5.51. The maximum atomic E-state index is 11.5. The lowest BCUT2D eigenvalue weighted by molar-refractivity contribution is -0.140. The average molecular weight is 640 g/mol. The molecule has 0 atom stereocenters. The second-order valence-electron chi connectivity index (χ2n) is 11.8. The Morgan fingerprint density at radius 1 is 0.717 bits per heavy atom. The maximum absolute atomic E-state index is 11.5. The summed E-state index contributed by atoms with van der Waals surface area (Å²) in [7, 11) is 4.01. The minimum Gasteiger partial charge on any atom is -0.494 e. The van der Waals surface area contributed by atoms with Gasteiger partial charge in [0.15, 0.2) is 0 Å². The Morgan fingerprint density at radius 3 is 1.70 bits per heavy atom. The molecule has 0 spiro atoms. The maximum Gasteiger partial charge on any atom is 0.317 e. The molecule has 46 heavy (non-hydrogen) atoms. The number of anilines is 1. The van der Waals surface area contributed by atoms with Crippen molar-refractivity contribution in [3.05, 3.63) is 48.5 Å². The topological polar surface area (TPSA) is 150 Å². The number of nitrogens with zero attached hydrogens (tertiary/aromatic N) is 5. The van der Waals surface area contributed by atoms with Crippen LogP contribution in [0.5, 0.6) is 5.75 Å². The van der Waals surface area contributed by atoms with E-state index in [4.69, 9.17) is 9.15 Å². The number of benzene rings is 2. The number of aliphatic carboxylic acids is 3. The minimum absolute atomic E-state index is 0.136. The molecule has 0 amide bonds. The quantitative estimate of drug-likeness (QED) is 0.235. The molecule has 3 N–H and O–H groups in total. The summed E-state index contributed by atoms with van der Waals surface area (Å²) in [5.41, 5.74) is 2.89. The summed E-state index contributed by atoms with van der Waals surface area (Å²) in [5.74, 6) is -1.32. The summed E-state index contributed by atoms with van der Waals surface area (Å²) in [4.78, 5) is 44.0. The predicted molar refractivity (Wildman–Crippen MR) is 175 cm³/mol. The lowest BCUT2D eigenvalue weighted by Gasteiger charge is -2.33. The Labute approximate surface area is 269 Å². The van der Waals surface area contributed by atoms with E-state index in [-0.39, 0.29) is 19.6 Å². The number of carbonyl (C=O) groups is 3. The van der Waals surface area contributed by atoms with Gasteiger partial charge in [0.1, 0.15) is 17.1 Å². The van der Waals surface area contributed by atoms with Crippen molar-refractivity contribution in [3.63, 3.8) is 0 Å². The zero-order valence-electron chi connectivity index (χ0n) is 26.6. The van der Waals surface area contributed by atoms with Crippen molar-refractivity contribution >= 4 is 34.6 Å². The van der Waals surface area contributed by atoms with E-state index in [0.29, 0.717) is 65.5 Å². The zero-order chi connectivity index (χ0) is 33.1. The number of fused-ring (bicyclic) bond motifs is 1. The van der Waals surface area contributed by atoms with Crippen molar-refractivity contribution in [1.82, 2.24) is 19.6 Å². The second-order valence-corrected chi connectivity index (χ2v) is 11.8. The summed E-state index contributed by atoms with van der Waals surface area (Å²) in [5, 5.41) is 29.1. The Kier molecular flexibility index (Phi) is 12.8. The van der Waals surface area contributed by atoms with Crippen LogP contribution in [0, 0.1) is 0 Å². The zero-order valence-corrected chi connectivity index (χ0v) is 26.6. The highest BCUT2D eigenvalue weighted by Gasteiger charge is 2.20. The highest BCUT2D eigenvalue weighted by atomic mass is 16.5. The first-order chi connectivity index (χ1) is 22.0. The molecular formula is C33H45N5O8. The minimum atomic E-state index is -0.976. The van der Waals surface area contributed by atoms with Crippen molar-refractivity contribution in [1.29, 1.82) is 0 Å². The molecule has 13 heteroatoms. The number of carboxylic acid groups (broad SMARTS) is 3. The van der Waals surface area contributed by atoms with Crippen LogP contribution in [-0.2, 0) is 14.4 Å². The molecule has 4 rings (SSSR count). The largest absolute Gasteiger partial charge is 0.494 e. The first-order valence-electron chi connectivity index (χ1n) is 15.5. The first-order valence-corrected chi connectivity index (χ1v) is 15.5. The van der Waals surface area contributed by atoms with E-state index >= 15 is 0 Å². The third-order valence-corrected chi connectivity index (χ3v) is 8.05. The van der Waals surface area contributed by atoms with E-state index in [9.17, 15) is 29.7 Å². The van der Waals surface area contributed by atoms with Gasteiger partial charge < -0.3 is 34.3 Å².